The lowest BCUT2D eigenvalue weighted by atomic mass is 9.97. The number of hydrogen-bond acceptors (Lipinski definition) is 6. The Bertz CT molecular complexity index is 1090. The van der Waals surface area contributed by atoms with Crippen LogP contribution in [-0.2, 0) is 11.4 Å². The molecule has 0 radical (unpaired) electrons. The number of hydrogen-bond donors (Lipinski definition) is 1. The first kappa shape index (κ1) is 25.7. The Kier molecular flexibility index (Phi) is 7.97. The maximum atomic E-state index is 13.1. The normalized spacial score (nSPS) is 17.1. The third kappa shape index (κ3) is 6.14. The number of carbonyl (C=O) groups excluding carboxylic acids is 2. The van der Waals surface area contributed by atoms with Crippen molar-refractivity contribution in [3.8, 4) is 0 Å². The summed E-state index contributed by atoms with van der Waals surface area (Å²) < 4.78 is 6.99. The van der Waals surface area contributed by atoms with E-state index in [0.717, 1.165) is 25.9 Å². The lowest BCUT2D eigenvalue weighted by Crippen LogP contribution is -2.48. The zero-order chi connectivity index (χ0) is 25.0. The second kappa shape index (κ2) is 10.5. The molecule has 1 aliphatic heterocycles. The zero-order valence-electron chi connectivity index (χ0n) is 21.1. The Morgan fingerprint density at radius 2 is 1.91 bits per heavy atom. The second-order valence-electron chi connectivity index (χ2n) is 10.2. The average Bonchev–Trinajstić information content (AvgIpc) is 2.77. The fourth-order valence-electron chi connectivity index (χ4n) is 4.33. The molecule has 2 amide bonds. The van der Waals surface area contributed by atoms with Gasteiger partial charge in [0.15, 0.2) is 5.69 Å². The summed E-state index contributed by atoms with van der Waals surface area (Å²) in [4.78, 5) is 42.2. The van der Waals surface area contributed by atoms with Crippen molar-refractivity contribution in [3.05, 3.63) is 40.3 Å². The van der Waals surface area contributed by atoms with Crippen molar-refractivity contribution in [1.82, 2.24) is 24.9 Å². The Hall–Kier alpha value is -2.94. The molecular weight excluding hydrogens is 434 g/mol. The molecular formula is C25H37N5O4. The van der Waals surface area contributed by atoms with E-state index in [2.05, 4.69) is 15.3 Å². The van der Waals surface area contributed by atoms with E-state index in [-0.39, 0.29) is 41.9 Å². The first-order chi connectivity index (χ1) is 16.0. The van der Waals surface area contributed by atoms with Gasteiger partial charge in [0.25, 0.3) is 11.5 Å². The molecule has 1 fully saturated rings. The number of benzene rings is 1. The van der Waals surface area contributed by atoms with Gasteiger partial charge in [-0.2, -0.15) is 5.10 Å². The van der Waals surface area contributed by atoms with Crippen molar-refractivity contribution < 1.29 is 14.3 Å². The van der Waals surface area contributed by atoms with Crippen molar-refractivity contribution >= 4 is 22.8 Å². The fraction of sp³-hybridized carbons (Fsp3) is 0.600. The van der Waals surface area contributed by atoms with Gasteiger partial charge < -0.3 is 15.0 Å². The Labute approximate surface area is 201 Å². The number of ether oxygens (including phenoxy) is 1. The largest absolute Gasteiger partial charge is 0.444 e. The fourth-order valence-corrected chi connectivity index (χ4v) is 4.33. The van der Waals surface area contributed by atoms with E-state index >= 15 is 0 Å². The summed E-state index contributed by atoms with van der Waals surface area (Å²) >= 11 is 0. The van der Waals surface area contributed by atoms with Gasteiger partial charge in [-0.15, -0.1) is 0 Å². The summed E-state index contributed by atoms with van der Waals surface area (Å²) in [6.45, 7) is 12.0. The number of nitrogens with zero attached hydrogens (tertiary/aromatic N) is 4. The van der Waals surface area contributed by atoms with Crippen LogP contribution in [0.4, 0.5) is 4.79 Å². The molecule has 34 heavy (non-hydrogen) atoms. The van der Waals surface area contributed by atoms with Crippen LogP contribution in [0.5, 0.6) is 0 Å². The van der Waals surface area contributed by atoms with Crippen molar-refractivity contribution in [3.63, 3.8) is 0 Å². The van der Waals surface area contributed by atoms with Gasteiger partial charge in [-0.05, 0) is 66.0 Å². The lowest BCUT2D eigenvalue weighted by Gasteiger charge is -2.37. The minimum Gasteiger partial charge on any atom is -0.444 e. The molecule has 1 atom stereocenters. The van der Waals surface area contributed by atoms with Crippen LogP contribution in [0, 0.1) is 5.92 Å². The molecule has 1 saturated heterocycles. The smallest absolute Gasteiger partial charge is 0.410 e. The number of piperidine rings is 1. The maximum Gasteiger partial charge on any atom is 0.410 e. The molecule has 0 aliphatic carbocycles. The molecule has 9 nitrogen and oxygen atoms in total. The van der Waals surface area contributed by atoms with Gasteiger partial charge in [-0.1, -0.05) is 18.2 Å². The number of carbonyl (C=O) groups is 2. The highest BCUT2D eigenvalue weighted by Gasteiger charge is 2.29. The second-order valence-corrected chi connectivity index (χ2v) is 10.2. The predicted molar refractivity (Wildman–Crippen MR) is 132 cm³/mol. The summed E-state index contributed by atoms with van der Waals surface area (Å²) in [7, 11) is 1.55. The minimum atomic E-state index is -0.547. The highest BCUT2D eigenvalue weighted by atomic mass is 16.6. The molecule has 1 aromatic carbocycles. The van der Waals surface area contributed by atoms with Gasteiger partial charge in [-0.25, -0.2) is 9.48 Å². The number of nitrogens with one attached hydrogen (secondary N) is 1. The third-order valence-electron chi connectivity index (χ3n) is 5.95. The van der Waals surface area contributed by atoms with Crippen LogP contribution in [0.25, 0.3) is 10.8 Å². The topological polar surface area (TPSA) is 96.8 Å². The molecule has 186 valence electrons. The van der Waals surface area contributed by atoms with Gasteiger partial charge in [0.1, 0.15) is 5.60 Å². The zero-order valence-corrected chi connectivity index (χ0v) is 21.1. The van der Waals surface area contributed by atoms with Crippen LogP contribution in [0.3, 0.4) is 0 Å². The predicted octanol–water partition coefficient (Wildman–Crippen LogP) is 3.07. The van der Waals surface area contributed by atoms with E-state index in [9.17, 15) is 14.4 Å². The van der Waals surface area contributed by atoms with Crippen molar-refractivity contribution in [1.29, 1.82) is 0 Å². The van der Waals surface area contributed by atoms with Crippen molar-refractivity contribution in [2.75, 3.05) is 26.7 Å². The first-order valence-electron chi connectivity index (χ1n) is 11.9. The third-order valence-corrected chi connectivity index (χ3v) is 5.95. The maximum absolute atomic E-state index is 13.1. The van der Waals surface area contributed by atoms with Crippen LogP contribution in [-0.4, -0.2) is 69.9 Å². The number of rotatable bonds is 6. The molecule has 1 aliphatic rings. The van der Waals surface area contributed by atoms with Gasteiger partial charge in [0.2, 0.25) is 0 Å². The number of fused-ring (bicyclic) bond motifs is 1. The van der Waals surface area contributed by atoms with Crippen LogP contribution >= 0.6 is 0 Å². The minimum absolute atomic E-state index is 0.0186. The quantitative estimate of drug-likeness (QED) is 0.696. The standard InChI is InChI=1S/C25H37N5O4/c1-17(2)29(24(33)34-25(3,4)5)15-18-10-9-13-28(14-18)16-30-23(32)20-12-8-7-11-19(20)21(27-30)22(31)26-6/h7-8,11-12,17-18H,9-10,13-16H2,1-6H3,(H,26,31). The molecule has 2 aromatic rings. The van der Waals surface area contributed by atoms with Gasteiger partial charge in [0.05, 0.1) is 12.1 Å². The summed E-state index contributed by atoms with van der Waals surface area (Å²) in [6, 6.07) is 7.07. The number of amides is 2. The van der Waals surface area contributed by atoms with Crippen LogP contribution in [0.1, 0.15) is 57.9 Å². The summed E-state index contributed by atoms with van der Waals surface area (Å²) in [5, 5.41) is 8.04. The monoisotopic (exact) mass is 471 g/mol. The van der Waals surface area contributed by atoms with Crippen LogP contribution in [0.15, 0.2) is 29.1 Å². The van der Waals surface area contributed by atoms with Crippen LogP contribution in [0.2, 0.25) is 0 Å². The molecule has 3 rings (SSSR count). The SMILES string of the molecule is CNC(=O)c1nn(CN2CCCC(CN(C(=O)OC(C)(C)C)C(C)C)C2)c(=O)c2ccccc12. The van der Waals surface area contributed by atoms with E-state index < -0.39 is 5.60 Å². The van der Waals surface area contributed by atoms with E-state index in [1.807, 2.05) is 34.6 Å². The molecule has 0 bridgehead atoms. The Morgan fingerprint density at radius 3 is 2.53 bits per heavy atom. The van der Waals surface area contributed by atoms with E-state index in [1.54, 1.807) is 36.2 Å². The number of likely N-dealkylation sites (tertiary alicyclic amines) is 1. The van der Waals surface area contributed by atoms with Crippen molar-refractivity contribution in [2.24, 2.45) is 5.92 Å². The van der Waals surface area contributed by atoms with Crippen LogP contribution < -0.4 is 10.9 Å². The molecule has 0 spiro atoms. The highest BCUT2D eigenvalue weighted by molar-refractivity contribution is 6.04. The lowest BCUT2D eigenvalue weighted by molar-refractivity contribution is 0.0108. The molecule has 1 N–H and O–H groups in total. The summed E-state index contributed by atoms with van der Waals surface area (Å²) in [5.74, 6) is -0.0790. The summed E-state index contributed by atoms with van der Waals surface area (Å²) in [6.07, 6.45) is 1.64. The van der Waals surface area contributed by atoms with Crippen molar-refractivity contribution in [2.45, 2.75) is 65.8 Å². The molecule has 0 saturated carbocycles. The molecule has 9 heteroatoms. The first-order valence-corrected chi connectivity index (χ1v) is 11.9. The average molecular weight is 472 g/mol. The number of aromatic nitrogens is 2. The molecule has 2 heterocycles. The van der Waals surface area contributed by atoms with E-state index in [1.165, 1.54) is 4.68 Å². The Balaban J connectivity index is 1.78. The van der Waals surface area contributed by atoms with Gasteiger partial charge in [0, 0.05) is 31.6 Å². The Morgan fingerprint density at radius 1 is 1.24 bits per heavy atom. The van der Waals surface area contributed by atoms with E-state index in [0.29, 0.717) is 17.3 Å². The van der Waals surface area contributed by atoms with Gasteiger partial charge >= 0.3 is 6.09 Å². The molecule has 1 unspecified atom stereocenters. The molecule has 1 aromatic heterocycles. The van der Waals surface area contributed by atoms with E-state index in [4.69, 9.17) is 4.74 Å². The highest BCUT2D eigenvalue weighted by Crippen LogP contribution is 2.21. The summed E-state index contributed by atoms with van der Waals surface area (Å²) in [5.41, 5.74) is -0.529. The van der Waals surface area contributed by atoms with Gasteiger partial charge in [-0.3, -0.25) is 14.5 Å².